The summed E-state index contributed by atoms with van der Waals surface area (Å²) in [5, 5.41) is 10.1. The van der Waals surface area contributed by atoms with Gasteiger partial charge in [0, 0.05) is 32.5 Å². The van der Waals surface area contributed by atoms with Crippen LogP contribution < -0.4 is 0 Å². The maximum absolute atomic E-state index is 13.7. The van der Waals surface area contributed by atoms with Gasteiger partial charge in [0.15, 0.2) is 0 Å². The van der Waals surface area contributed by atoms with Crippen LogP contribution in [0.3, 0.4) is 0 Å². The summed E-state index contributed by atoms with van der Waals surface area (Å²) in [5.74, 6) is 0.163. The van der Waals surface area contributed by atoms with Gasteiger partial charge < -0.3 is 10.0 Å². The fourth-order valence-electron chi connectivity index (χ4n) is 4.62. The maximum atomic E-state index is 13.7. The highest BCUT2D eigenvalue weighted by molar-refractivity contribution is 5.88. The van der Waals surface area contributed by atoms with E-state index in [0.29, 0.717) is 6.54 Å². The number of hydrogen-bond acceptors (Lipinski definition) is 3. The van der Waals surface area contributed by atoms with Crippen molar-refractivity contribution in [1.29, 1.82) is 0 Å². The first-order chi connectivity index (χ1) is 13.1. The number of likely N-dealkylation sites (N-methyl/N-ethyl adjacent to an activating group) is 1. The van der Waals surface area contributed by atoms with Gasteiger partial charge in [0.1, 0.15) is 5.54 Å². The van der Waals surface area contributed by atoms with Crippen LogP contribution >= 0.6 is 0 Å². The molecule has 1 fully saturated rings. The molecule has 4 rings (SSSR count). The number of carbonyl (C=O) groups excluding carboxylic acids is 1. The summed E-state index contributed by atoms with van der Waals surface area (Å²) in [5.41, 5.74) is 3.17. The van der Waals surface area contributed by atoms with E-state index < -0.39 is 11.6 Å². The van der Waals surface area contributed by atoms with Gasteiger partial charge in [-0.2, -0.15) is 0 Å². The van der Waals surface area contributed by atoms with Crippen LogP contribution in [-0.2, 0) is 24.2 Å². The largest absolute Gasteiger partial charge is 0.391 e. The predicted octanol–water partition coefficient (Wildman–Crippen LogP) is 2.64. The van der Waals surface area contributed by atoms with Crippen LogP contribution in [0.15, 0.2) is 54.6 Å². The average Bonchev–Trinajstić information content (AvgIpc) is 3.09. The molecule has 142 valence electrons. The van der Waals surface area contributed by atoms with Crippen LogP contribution in [0.2, 0.25) is 0 Å². The molecule has 0 radical (unpaired) electrons. The fraction of sp³-hybridized carbons (Fsp3) is 0.435. The molecule has 2 aliphatic rings. The Balaban J connectivity index is 1.65. The summed E-state index contributed by atoms with van der Waals surface area (Å²) >= 11 is 0. The summed E-state index contributed by atoms with van der Waals surface area (Å²) in [4.78, 5) is 17.9. The molecule has 1 aliphatic carbocycles. The van der Waals surface area contributed by atoms with E-state index in [2.05, 4.69) is 48.3 Å². The Morgan fingerprint density at radius 1 is 1.11 bits per heavy atom. The van der Waals surface area contributed by atoms with Gasteiger partial charge in [0.05, 0.1) is 6.10 Å². The molecule has 1 N–H and O–H groups in total. The van der Waals surface area contributed by atoms with Crippen molar-refractivity contribution >= 4 is 5.91 Å². The molecule has 4 heteroatoms. The van der Waals surface area contributed by atoms with Gasteiger partial charge in [0.25, 0.3) is 0 Å². The molecule has 1 heterocycles. The van der Waals surface area contributed by atoms with Crippen molar-refractivity contribution in [3.63, 3.8) is 0 Å². The second-order valence-electron chi connectivity index (χ2n) is 8.04. The number of rotatable bonds is 4. The Morgan fingerprint density at radius 3 is 2.37 bits per heavy atom. The standard InChI is InChI=1S/C23H28N2O2/c1-24(16-18-8-3-2-4-9-18)23(14-19-10-5-6-11-20(19)15-23)22(27)25-13-7-12-21(26)17-25/h2-6,8-11,21,26H,7,12-17H2,1H3. The number of fused-ring (bicyclic) bond motifs is 1. The first-order valence-electron chi connectivity index (χ1n) is 9.88. The lowest BCUT2D eigenvalue weighted by molar-refractivity contribution is -0.147. The molecule has 1 aliphatic heterocycles. The SMILES string of the molecule is CN(Cc1ccccc1)C1(C(=O)N2CCCC(O)C2)Cc2ccccc2C1. The van der Waals surface area contributed by atoms with Crippen molar-refractivity contribution < 1.29 is 9.90 Å². The fourth-order valence-corrected chi connectivity index (χ4v) is 4.62. The van der Waals surface area contributed by atoms with Crippen LogP contribution in [-0.4, -0.2) is 52.6 Å². The highest BCUT2D eigenvalue weighted by Crippen LogP contribution is 2.37. The van der Waals surface area contributed by atoms with Gasteiger partial charge in [-0.05, 0) is 36.6 Å². The van der Waals surface area contributed by atoms with Gasteiger partial charge in [-0.3, -0.25) is 9.69 Å². The van der Waals surface area contributed by atoms with Gasteiger partial charge in [-0.1, -0.05) is 54.6 Å². The van der Waals surface area contributed by atoms with E-state index in [9.17, 15) is 9.90 Å². The van der Waals surface area contributed by atoms with Crippen LogP contribution in [0.25, 0.3) is 0 Å². The van der Waals surface area contributed by atoms with Crippen LogP contribution in [0.1, 0.15) is 29.5 Å². The van der Waals surface area contributed by atoms with Crippen molar-refractivity contribution in [3.05, 3.63) is 71.3 Å². The molecule has 1 atom stereocenters. The number of aliphatic hydroxyl groups excluding tert-OH is 1. The van der Waals surface area contributed by atoms with E-state index in [4.69, 9.17) is 0 Å². The summed E-state index contributed by atoms with van der Waals surface area (Å²) < 4.78 is 0. The summed E-state index contributed by atoms with van der Waals surface area (Å²) in [6.07, 6.45) is 2.73. The van der Waals surface area contributed by atoms with E-state index in [0.717, 1.165) is 38.8 Å². The van der Waals surface area contributed by atoms with Crippen molar-refractivity contribution in [2.24, 2.45) is 0 Å². The third-order valence-corrected chi connectivity index (χ3v) is 6.16. The lowest BCUT2D eigenvalue weighted by Crippen LogP contribution is -2.60. The predicted molar refractivity (Wildman–Crippen MR) is 106 cm³/mol. The van der Waals surface area contributed by atoms with E-state index in [-0.39, 0.29) is 5.91 Å². The van der Waals surface area contributed by atoms with Gasteiger partial charge in [0.2, 0.25) is 5.91 Å². The molecular weight excluding hydrogens is 336 g/mol. The number of aliphatic hydroxyl groups is 1. The molecule has 1 saturated heterocycles. The van der Waals surface area contributed by atoms with E-state index in [1.807, 2.05) is 23.1 Å². The molecule has 1 amide bonds. The zero-order valence-electron chi connectivity index (χ0n) is 16.0. The molecule has 1 unspecified atom stereocenters. The highest BCUT2D eigenvalue weighted by Gasteiger charge is 2.49. The number of benzene rings is 2. The summed E-state index contributed by atoms with van der Waals surface area (Å²) in [6.45, 7) is 1.93. The second kappa shape index (κ2) is 7.45. The number of carbonyl (C=O) groups is 1. The second-order valence-corrected chi connectivity index (χ2v) is 8.04. The molecule has 0 saturated carbocycles. The van der Waals surface area contributed by atoms with Gasteiger partial charge in [-0.25, -0.2) is 0 Å². The molecule has 2 aromatic rings. The Kier molecular flexibility index (Phi) is 5.02. The van der Waals surface area contributed by atoms with Crippen molar-refractivity contribution in [2.75, 3.05) is 20.1 Å². The van der Waals surface area contributed by atoms with E-state index in [1.165, 1.54) is 16.7 Å². The van der Waals surface area contributed by atoms with Gasteiger partial charge in [-0.15, -0.1) is 0 Å². The number of piperidine rings is 1. The Bertz CT molecular complexity index is 780. The number of hydrogen-bond donors (Lipinski definition) is 1. The number of nitrogens with zero attached hydrogens (tertiary/aromatic N) is 2. The zero-order chi connectivity index (χ0) is 18.9. The van der Waals surface area contributed by atoms with E-state index in [1.54, 1.807) is 0 Å². The topological polar surface area (TPSA) is 43.8 Å². The molecule has 0 bridgehead atoms. The first kappa shape index (κ1) is 18.2. The van der Waals surface area contributed by atoms with Crippen molar-refractivity contribution in [2.45, 2.75) is 43.9 Å². The van der Waals surface area contributed by atoms with Crippen molar-refractivity contribution in [1.82, 2.24) is 9.80 Å². The third-order valence-electron chi connectivity index (χ3n) is 6.16. The molecule has 0 spiro atoms. The molecule has 27 heavy (non-hydrogen) atoms. The minimum absolute atomic E-state index is 0.163. The van der Waals surface area contributed by atoms with Crippen LogP contribution in [0, 0.1) is 0 Å². The minimum Gasteiger partial charge on any atom is -0.391 e. The van der Waals surface area contributed by atoms with Crippen LogP contribution in [0.5, 0.6) is 0 Å². The first-order valence-corrected chi connectivity index (χ1v) is 9.88. The Hall–Kier alpha value is -2.17. The average molecular weight is 364 g/mol. The minimum atomic E-state index is -0.573. The van der Waals surface area contributed by atoms with Crippen LogP contribution in [0.4, 0.5) is 0 Å². The summed E-state index contributed by atoms with van der Waals surface area (Å²) in [6, 6.07) is 18.7. The normalized spacial score (nSPS) is 21.3. The Morgan fingerprint density at radius 2 is 1.74 bits per heavy atom. The lowest BCUT2D eigenvalue weighted by atomic mass is 9.90. The number of amides is 1. The molecule has 2 aromatic carbocycles. The number of β-amino-alcohol motifs (C(OH)–C–C–N with tert-alkyl or cyclic N) is 1. The monoisotopic (exact) mass is 364 g/mol. The zero-order valence-corrected chi connectivity index (χ0v) is 16.0. The van der Waals surface area contributed by atoms with Gasteiger partial charge >= 0.3 is 0 Å². The molecular formula is C23H28N2O2. The van der Waals surface area contributed by atoms with E-state index >= 15 is 0 Å². The summed E-state index contributed by atoms with van der Waals surface area (Å²) in [7, 11) is 2.07. The lowest BCUT2D eigenvalue weighted by Gasteiger charge is -2.43. The highest BCUT2D eigenvalue weighted by atomic mass is 16.3. The third kappa shape index (κ3) is 3.52. The number of likely N-dealkylation sites (tertiary alicyclic amines) is 1. The van der Waals surface area contributed by atoms with Crippen molar-refractivity contribution in [3.8, 4) is 0 Å². The maximum Gasteiger partial charge on any atom is 0.243 e. The molecule has 0 aromatic heterocycles. The Labute approximate surface area is 161 Å². The smallest absolute Gasteiger partial charge is 0.243 e. The quantitative estimate of drug-likeness (QED) is 0.907. The molecule has 4 nitrogen and oxygen atoms in total.